The first-order valence-corrected chi connectivity index (χ1v) is 8.58. The van der Waals surface area contributed by atoms with E-state index < -0.39 is 5.60 Å². The van der Waals surface area contributed by atoms with Crippen molar-refractivity contribution >= 4 is 11.6 Å². The molecule has 1 heterocycles. The van der Waals surface area contributed by atoms with Crippen molar-refractivity contribution in [1.82, 2.24) is 14.8 Å². The minimum absolute atomic E-state index is 0.0926. The van der Waals surface area contributed by atoms with Gasteiger partial charge in [0.15, 0.2) is 0 Å². The molecule has 4 nitrogen and oxygen atoms in total. The molecule has 1 saturated carbocycles. The Morgan fingerprint density at radius 2 is 2.04 bits per heavy atom. The van der Waals surface area contributed by atoms with E-state index in [0.29, 0.717) is 13.0 Å². The molecule has 1 aliphatic rings. The number of rotatable bonds is 5. The molecule has 1 aliphatic carbocycles. The predicted octanol–water partition coefficient (Wildman–Crippen LogP) is 3.73. The maximum Gasteiger partial charge on any atom is 0.137 e. The topological polar surface area (TPSA) is 50.9 Å². The molecule has 2 atom stereocenters. The monoisotopic (exact) mass is 333 g/mol. The summed E-state index contributed by atoms with van der Waals surface area (Å²) < 4.78 is 1.80. The molecule has 0 spiro atoms. The summed E-state index contributed by atoms with van der Waals surface area (Å²) in [7, 11) is 0. The summed E-state index contributed by atoms with van der Waals surface area (Å²) in [6.45, 7) is 5.05. The fourth-order valence-corrected chi connectivity index (χ4v) is 4.02. The number of nitrogens with zero attached hydrogens (tertiary/aromatic N) is 3. The highest BCUT2D eigenvalue weighted by Gasteiger charge is 2.53. The third kappa shape index (κ3) is 3.29. The van der Waals surface area contributed by atoms with E-state index in [0.717, 1.165) is 24.3 Å². The van der Waals surface area contributed by atoms with Crippen LogP contribution >= 0.6 is 11.6 Å². The van der Waals surface area contributed by atoms with E-state index in [4.69, 9.17) is 11.6 Å². The Balaban J connectivity index is 1.76. The van der Waals surface area contributed by atoms with Crippen molar-refractivity contribution in [2.45, 2.75) is 51.7 Å². The second-order valence-corrected chi connectivity index (χ2v) is 7.72. The maximum absolute atomic E-state index is 11.5. The summed E-state index contributed by atoms with van der Waals surface area (Å²) in [6.07, 6.45) is 6.91. The van der Waals surface area contributed by atoms with E-state index in [-0.39, 0.29) is 11.3 Å². The van der Waals surface area contributed by atoms with Crippen LogP contribution in [0.2, 0.25) is 5.02 Å². The number of aryl methyl sites for hydroxylation is 1. The largest absolute Gasteiger partial charge is 0.389 e. The molecule has 5 heteroatoms. The van der Waals surface area contributed by atoms with Crippen LogP contribution in [-0.2, 0) is 13.0 Å². The Labute approximate surface area is 142 Å². The Bertz CT molecular complexity index is 639. The van der Waals surface area contributed by atoms with Gasteiger partial charge in [-0.15, -0.1) is 0 Å². The maximum atomic E-state index is 11.5. The highest BCUT2D eigenvalue weighted by atomic mass is 35.5. The van der Waals surface area contributed by atoms with Crippen LogP contribution < -0.4 is 0 Å². The third-order valence-electron chi connectivity index (χ3n) is 5.55. The van der Waals surface area contributed by atoms with Gasteiger partial charge in [-0.3, -0.25) is 4.68 Å². The first-order valence-electron chi connectivity index (χ1n) is 8.20. The smallest absolute Gasteiger partial charge is 0.137 e. The van der Waals surface area contributed by atoms with Gasteiger partial charge in [-0.1, -0.05) is 37.6 Å². The zero-order valence-corrected chi connectivity index (χ0v) is 14.5. The molecule has 0 amide bonds. The van der Waals surface area contributed by atoms with E-state index in [9.17, 15) is 5.11 Å². The minimum Gasteiger partial charge on any atom is -0.389 e. The van der Waals surface area contributed by atoms with Gasteiger partial charge in [0.1, 0.15) is 12.7 Å². The van der Waals surface area contributed by atoms with E-state index in [1.165, 1.54) is 11.9 Å². The van der Waals surface area contributed by atoms with Crippen molar-refractivity contribution in [2.75, 3.05) is 0 Å². The van der Waals surface area contributed by atoms with E-state index >= 15 is 0 Å². The fraction of sp³-hybridized carbons (Fsp3) is 0.556. The lowest BCUT2D eigenvalue weighted by molar-refractivity contribution is -0.0852. The number of hydrogen-bond acceptors (Lipinski definition) is 3. The molecule has 1 fully saturated rings. The summed E-state index contributed by atoms with van der Waals surface area (Å²) in [5, 5.41) is 16.4. The van der Waals surface area contributed by atoms with Crippen LogP contribution in [0.3, 0.4) is 0 Å². The lowest BCUT2D eigenvalue weighted by Gasteiger charge is -2.41. The Kier molecular flexibility index (Phi) is 4.47. The molecule has 3 rings (SSSR count). The van der Waals surface area contributed by atoms with Gasteiger partial charge < -0.3 is 5.11 Å². The second kappa shape index (κ2) is 6.25. The van der Waals surface area contributed by atoms with E-state index in [2.05, 4.69) is 36.1 Å². The molecular weight excluding hydrogens is 310 g/mol. The lowest BCUT2D eigenvalue weighted by atomic mass is 9.71. The molecule has 0 saturated heterocycles. The predicted molar refractivity (Wildman–Crippen MR) is 91.2 cm³/mol. The van der Waals surface area contributed by atoms with E-state index in [1.54, 1.807) is 11.0 Å². The normalized spacial score (nSPS) is 26.5. The van der Waals surface area contributed by atoms with Gasteiger partial charge in [-0.05, 0) is 54.7 Å². The van der Waals surface area contributed by atoms with Crippen LogP contribution in [-0.4, -0.2) is 25.5 Å². The van der Waals surface area contributed by atoms with Gasteiger partial charge in [0.2, 0.25) is 0 Å². The van der Waals surface area contributed by atoms with Gasteiger partial charge in [0.05, 0.1) is 5.60 Å². The highest BCUT2D eigenvalue weighted by molar-refractivity contribution is 6.30. The quantitative estimate of drug-likeness (QED) is 0.907. The van der Waals surface area contributed by atoms with Gasteiger partial charge in [0, 0.05) is 11.6 Å². The van der Waals surface area contributed by atoms with Crippen LogP contribution in [0.1, 0.15) is 38.7 Å². The van der Waals surface area contributed by atoms with Crippen LogP contribution in [0.15, 0.2) is 36.9 Å². The van der Waals surface area contributed by atoms with Crippen molar-refractivity contribution in [3.8, 4) is 0 Å². The van der Waals surface area contributed by atoms with Crippen molar-refractivity contribution in [3.05, 3.63) is 47.5 Å². The van der Waals surface area contributed by atoms with Gasteiger partial charge in [-0.2, -0.15) is 5.10 Å². The van der Waals surface area contributed by atoms with Crippen LogP contribution in [0, 0.1) is 11.3 Å². The summed E-state index contributed by atoms with van der Waals surface area (Å²) in [5.74, 6) is 0.252. The Hall–Kier alpha value is -1.39. The summed E-state index contributed by atoms with van der Waals surface area (Å²) >= 11 is 5.97. The zero-order chi connectivity index (χ0) is 16.5. The molecule has 1 aromatic carbocycles. The third-order valence-corrected chi connectivity index (χ3v) is 5.80. The van der Waals surface area contributed by atoms with Crippen molar-refractivity contribution < 1.29 is 5.11 Å². The average molecular weight is 334 g/mol. The zero-order valence-electron chi connectivity index (χ0n) is 13.7. The Morgan fingerprint density at radius 1 is 1.30 bits per heavy atom. The molecule has 2 aromatic rings. The molecule has 1 N–H and O–H groups in total. The standard InChI is InChI=1S/C18H24ClN3O/c1-17(2)8-7-15(11-14-3-5-16(19)6-4-14)18(17,23)9-10-22-13-20-12-21-22/h3-6,12-13,15,23H,7-11H2,1-2H3. The molecule has 0 bridgehead atoms. The first kappa shape index (κ1) is 16.5. The molecule has 0 radical (unpaired) electrons. The second-order valence-electron chi connectivity index (χ2n) is 7.28. The molecule has 124 valence electrons. The van der Waals surface area contributed by atoms with Crippen molar-refractivity contribution in [1.29, 1.82) is 0 Å². The van der Waals surface area contributed by atoms with E-state index in [1.807, 2.05) is 12.1 Å². The Morgan fingerprint density at radius 3 is 2.70 bits per heavy atom. The number of aliphatic hydroxyl groups is 1. The molecular formula is C18H24ClN3O. The molecule has 1 aromatic heterocycles. The van der Waals surface area contributed by atoms with Gasteiger partial charge >= 0.3 is 0 Å². The number of halogens is 1. The van der Waals surface area contributed by atoms with Gasteiger partial charge in [-0.25, -0.2) is 4.98 Å². The molecule has 23 heavy (non-hydrogen) atoms. The van der Waals surface area contributed by atoms with Gasteiger partial charge in [0.25, 0.3) is 0 Å². The van der Waals surface area contributed by atoms with Crippen LogP contribution in [0.25, 0.3) is 0 Å². The van der Waals surface area contributed by atoms with Crippen molar-refractivity contribution in [2.24, 2.45) is 11.3 Å². The van der Waals surface area contributed by atoms with Crippen molar-refractivity contribution in [3.63, 3.8) is 0 Å². The number of benzene rings is 1. The lowest BCUT2D eigenvalue weighted by Crippen LogP contribution is -2.46. The summed E-state index contributed by atoms with van der Waals surface area (Å²) in [6, 6.07) is 7.97. The molecule has 2 unspecified atom stereocenters. The summed E-state index contributed by atoms with van der Waals surface area (Å²) in [5.41, 5.74) is 0.444. The number of hydrogen-bond donors (Lipinski definition) is 1. The minimum atomic E-state index is -0.696. The summed E-state index contributed by atoms with van der Waals surface area (Å²) in [4.78, 5) is 3.98. The average Bonchev–Trinajstić information content (AvgIpc) is 3.10. The molecule has 0 aliphatic heterocycles. The van der Waals surface area contributed by atoms with Crippen LogP contribution in [0.4, 0.5) is 0 Å². The van der Waals surface area contributed by atoms with Crippen LogP contribution in [0.5, 0.6) is 0 Å². The highest BCUT2D eigenvalue weighted by Crippen LogP contribution is 2.52. The SMILES string of the molecule is CC1(C)CCC(Cc2ccc(Cl)cc2)C1(O)CCn1cncn1. The fourth-order valence-electron chi connectivity index (χ4n) is 3.89. The first-order chi connectivity index (χ1) is 10.9. The number of aromatic nitrogens is 3.